The topological polar surface area (TPSA) is 52.1 Å². The Bertz CT molecular complexity index is 293. The van der Waals surface area contributed by atoms with E-state index in [1.807, 2.05) is 6.07 Å². The Kier molecular flexibility index (Phi) is 5.77. The molecule has 0 aliphatic carbocycles. The molecule has 1 heterocycles. The molecule has 1 rings (SSSR count). The molecular weight excluding hydrogens is 212 g/mol. The molecule has 5 heteroatoms. The van der Waals surface area contributed by atoms with E-state index in [0.717, 1.165) is 23.6 Å². The summed E-state index contributed by atoms with van der Waals surface area (Å²) in [6.07, 6.45) is 4.22. The van der Waals surface area contributed by atoms with Gasteiger partial charge in [-0.2, -0.15) is 11.8 Å². The van der Waals surface area contributed by atoms with E-state index < -0.39 is 0 Å². The lowest BCUT2D eigenvalue weighted by atomic mass is 10.3. The van der Waals surface area contributed by atoms with Gasteiger partial charge in [-0.3, -0.25) is 4.79 Å². The standard InChI is InChI=1S/C10H14N2O2S/c1-9(13)14-5-7-15-6-3-10-2-4-11-8-12-10/h2,4,8H,3,5-7H2,1H3. The van der Waals surface area contributed by atoms with Crippen LogP contribution in [0.5, 0.6) is 0 Å². The Hall–Kier alpha value is -1.10. The van der Waals surface area contributed by atoms with Crippen molar-refractivity contribution in [1.82, 2.24) is 9.97 Å². The van der Waals surface area contributed by atoms with Gasteiger partial charge in [-0.25, -0.2) is 9.97 Å². The smallest absolute Gasteiger partial charge is 0.302 e. The van der Waals surface area contributed by atoms with Crippen molar-refractivity contribution in [1.29, 1.82) is 0 Å². The highest BCUT2D eigenvalue weighted by Crippen LogP contribution is 2.04. The highest BCUT2D eigenvalue weighted by atomic mass is 32.2. The summed E-state index contributed by atoms with van der Waals surface area (Å²) in [5.41, 5.74) is 1.05. The van der Waals surface area contributed by atoms with Gasteiger partial charge >= 0.3 is 5.97 Å². The van der Waals surface area contributed by atoms with E-state index in [4.69, 9.17) is 4.74 Å². The Morgan fingerprint density at radius 1 is 1.53 bits per heavy atom. The van der Waals surface area contributed by atoms with Gasteiger partial charge in [0.05, 0.1) is 0 Å². The van der Waals surface area contributed by atoms with Crippen LogP contribution < -0.4 is 0 Å². The van der Waals surface area contributed by atoms with Crippen LogP contribution in [0.1, 0.15) is 12.6 Å². The summed E-state index contributed by atoms with van der Waals surface area (Å²) in [6, 6.07) is 1.91. The fourth-order valence-corrected chi connectivity index (χ4v) is 1.75. The molecule has 82 valence electrons. The van der Waals surface area contributed by atoms with Crippen LogP contribution in [0.25, 0.3) is 0 Å². The van der Waals surface area contributed by atoms with Crippen molar-refractivity contribution in [2.24, 2.45) is 0 Å². The number of nitrogens with zero attached hydrogens (tertiary/aromatic N) is 2. The number of aryl methyl sites for hydroxylation is 1. The third-order valence-corrected chi connectivity index (χ3v) is 2.63. The second-order valence-electron chi connectivity index (χ2n) is 2.90. The number of thioether (sulfide) groups is 1. The van der Waals surface area contributed by atoms with Crippen molar-refractivity contribution in [2.75, 3.05) is 18.1 Å². The molecule has 1 aromatic heterocycles. The molecule has 1 aromatic rings. The summed E-state index contributed by atoms with van der Waals surface area (Å²) >= 11 is 1.75. The maximum atomic E-state index is 10.4. The normalized spacial score (nSPS) is 9.93. The van der Waals surface area contributed by atoms with Crippen LogP contribution in [0.3, 0.4) is 0 Å². The van der Waals surface area contributed by atoms with E-state index in [-0.39, 0.29) is 5.97 Å². The zero-order valence-electron chi connectivity index (χ0n) is 8.68. The molecule has 0 saturated heterocycles. The first-order valence-corrected chi connectivity index (χ1v) is 5.90. The van der Waals surface area contributed by atoms with Gasteiger partial charge < -0.3 is 4.74 Å². The fraction of sp³-hybridized carbons (Fsp3) is 0.500. The van der Waals surface area contributed by atoms with Crippen molar-refractivity contribution in [3.63, 3.8) is 0 Å². The number of carbonyl (C=O) groups excluding carboxylic acids is 1. The first-order chi connectivity index (χ1) is 7.29. The minimum atomic E-state index is -0.216. The second-order valence-corrected chi connectivity index (χ2v) is 4.13. The van der Waals surface area contributed by atoms with E-state index in [2.05, 4.69) is 9.97 Å². The lowest BCUT2D eigenvalue weighted by Crippen LogP contribution is -2.03. The van der Waals surface area contributed by atoms with Crippen molar-refractivity contribution in [2.45, 2.75) is 13.3 Å². The Morgan fingerprint density at radius 2 is 2.40 bits per heavy atom. The molecular formula is C10H14N2O2S. The molecule has 0 atom stereocenters. The summed E-state index contributed by atoms with van der Waals surface area (Å²) in [6.45, 7) is 1.91. The minimum absolute atomic E-state index is 0.216. The van der Waals surface area contributed by atoms with Crippen LogP contribution in [0.15, 0.2) is 18.6 Å². The summed E-state index contributed by atoms with van der Waals surface area (Å²) < 4.78 is 4.81. The molecule has 0 aromatic carbocycles. The quantitative estimate of drug-likeness (QED) is 0.541. The Labute approximate surface area is 93.5 Å². The zero-order chi connectivity index (χ0) is 10.9. The number of hydrogen-bond donors (Lipinski definition) is 0. The maximum absolute atomic E-state index is 10.4. The lowest BCUT2D eigenvalue weighted by molar-refractivity contribution is -0.140. The number of hydrogen-bond acceptors (Lipinski definition) is 5. The van der Waals surface area contributed by atoms with E-state index in [0.29, 0.717) is 6.61 Å². The number of rotatable bonds is 6. The van der Waals surface area contributed by atoms with Gasteiger partial charge in [0.1, 0.15) is 12.9 Å². The predicted molar refractivity (Wildman–Crippen MR) is 59.7 cm³/mol. The summed E-state index contributed by atoms with van der Waals surface area (Å²) in [4.78, 5) is 18.4. The van der Waals surface area contributed by atoms with Crippen LogP contribution in [-0.2, 0) is 16.0 Å². The van der Waals surface area contributed by atoms with E-state index in [1.165, 1.54) is 6.92 Å². The molecule has 0 N–H and O–H groups in total. The van der Waals surface area contributed by atoms with E-state index in [9.17, 15) is 4.79 Å². The number of carbonyl (C=O) groups is 1. The van der Waals surface area contributed by atoms with Gasteiger partial charge in [-0.1, -0.05) is 0 Å². The SMILES string of the molecule is CC(=O)OCCSCCc1ccncn1. The van der Waals surface area contributed by atoms with E-state index >= 15 is 0 Å². The first kappa shape index (κ1) is 12.0. The third-order valence-electron chi connectivity index (χ3n) is 1.68. The van der Waals surface area contributed by atoms with Gasteiger partial charge in [0, 0.05) is 24.6 Å². The van der Waals surface area contributed by atoms with Crippen LogP contribution in [0, 0.1) is 0 Å². The summed E-state index contributed by atoms with van der Waals surface area (Å²) in [5, 5.41) is 0. The molecule has 0 radical (unpaired) electrons. The zero-order valence-corrected chi connectivity index (χ0v) is 9.50. The largest absolute Gasteiger partial charge is 0.465 e. The number of aromatic nitrogens is 2. The molecule has 0 aliphatic heterocycles. The summed E-state index contributed by atoms with van der Waals surface area (Å²) in [5.74, 6) is 1.61. The highest BCUT2D eigenvalue weighted by Gasteiger charge is 1.95. The minimum Gasteiger partial charge on any atom is -0.465 e. The van der Waals surface area contributed by atoms with Crippen LogP contribution >= 0.6 is 11.8 Å². The number of ether oxygens (including phenoxy) is 1. The first-order valence-electron chi connectivity index (χ1n) is 4.75. The molecule has 4 nitrogen and oxygen atoms in total. The third kappa shape index (κ3) is 6.06. The highest BCUT2D eigenvalue weighted by molar-refractivity contribution is 7.99. The van der Waals surface area contributed by atoms with E-state index in [1.54, 1.807) is 24.3 Å². The lowest BCUT2D eigenvalue weighted by Gasteiger charge is -2.01. The predicted octanol–water partition coefficient (Wildman–Crippen LogP) is 1.32. The average molecular weight is 226 g/mol. The molecule has 0 aliphatic rings. The molecule has 15 heavy (non-hydrogen) atoms. The van der Waals surface area contributed by atoms with Gasteiger partial charge in [0.25, 0.3) is 0 Å². The van der Waals surface area contributed by atoms with Crippen LogP contribution in [0.4, 0.5) is 0 Å². The molecule has 0 spiro atoms. The van der Waals surface area contributed by atoms with Crippen LogP contribution in [0.2, 0.25) is 0 Å². The van der Waals surface area contributed by atoms with Crippen molar-refractivity contribution < 1.29 is 9.53 Å². The second kappa shape index (κ2) is 7.23. The molecule has 0 saturated carbocycles. The average Bonchev–Trinajstić information content (AvgIpc) is 2.24. The molecule has 0 fully saturated rings. The molecule has 0 bridgehead atoms. The Morgan fingerprint density at radius 3 is 3.07 bits per heavy atom. The van der Waals surface area contributed by atoms with Gasteiger partial charge in [0.15, 0.2) is 0 Å². The molecule has 0 amide bonds. The van der Waals surface area contributed by atoms with Crippen molar-refractivity contribution in [3.05, 3.63) is 24.3 Å². The fourth-order valence-electron chi connectivity index (χ4n) is 0.989. The Balaban J connectivity index is 2.00. The van der Waals surface area contributed by atoms with Crippen molar-refractivity contribution in [3.8, 4) is 0 Å². The molecule has 0 unspecified atom stereocenters. The number of esters is 1. The monoisotopic (exact) mass is 226 g/mol. The summed E-state index contributed by atoms with van der Waals surface area (Å²) in [7, 11) is 0. The maximum Gasteiger partial charge on any atom is 0.302 e. The van der Waals surface area contributed by atoms with Gasteiger partial charge in [0.2, 0.25) is 0 Å². The van der Waals surface area contributed by atoms with Crippen LogP contribution in [-0.4, -0.2) is 34.0 Å². The van der Waals surface area contributed by atoms with Gasteiger partial charge in [-0.15, -0.1) is 0 Å². The van der Waals surface area contributed by atoms with Crippen molar-refractivity contribution >= 4 is 17.7 Å². The van der Waals surface area contributed by atoms with Gasteiger partial charge in [-0.05, 0) is 18.2 Å².